The van der Waals surface area contributed by atoms with Crippen LogP contribution in [0.4, 0.5) is 0 Å². The summed E-state index contributed by atoms with van der Waals surface area (Å²) in [5, 5.41) is 14.9. The third-order valence-electron chi connectivity index (χ3n) is 4.85. The maximum atomic E-state index is 12.8. The maximum absolute atomic E-state index is 12.8. The van der Waals surface area contributed by atoms with Crippen LogP contribution in [0.3, 0.4) is 0 Å². The predicted molar refractivity (Wildman–Crippen MR) is 108 cm³/mol. The smallest absolute Gasteiger partial charge is 0.303 e. The molecule has 0 saturated carbocycles. The van der Waals surface area contributed by atoms with Gasteiger partial charge in [-0.15, -0.1) is 0 Å². The number of amides is 1. The summed E-state index contributed by atoms with van der Waals surface area (Å²) >= 11 is 0. The number of carbonyl (C=O) groups is 2. The summed E-state index contributed by atoms with van der Waals surface area (Å²) < 4.78 is 10.9. The second-order valence-corrected chi connectivity index (χ2v) is 6.70. The molecule has 0 aliphatic carbocycles. The first-order valence-electron chi connectivity index (χ1n) is 9.42. The van der Waals surface area contributed by atoms with Gasteiger partial charge in [-0.25, -0.2) is 5.01 Å². The minimum absolute atomic E-state index is 0.0458. The molecule has 0 spiro atoms. The average Bonchev–Trinajstić information content (AvgIpc) is 3.18. The lowest BCUT2D eigenvalue weighted by Gasteiger charge is -2.22. The molecule has 1 amide bonds. The summed E-state index contributed by atoms with van der Waals surface area (Å²) in [6.07, 6.45) is 0.884. The lowest BCUT2D eigenvalue weighted by molar-refractivity contribution is -0.137. The molecule has 1 aliphatic heterocycles. The number of rotatable bonds is 8. The first-order chi connectivity index (χ1) is 14.0. The molecule has 0 aromatic heterocycles. The van der Waals surface area contributed by atoms with Gasteiger partial charge in [-0.3, -0.25) is 9.59 Å². The number of carboxylic acid groups (broad SMARTS) is 1. The maximum Gasteiger partial charge on any atom is 0.303 e. The number of carbonyl (C=O) groups excluding carboxylic acids is 1. The summed E-state index contributed by atoms with van der Waals surface area (Å²) in [6.45, 7) is 0. The molecule has 0 fully saturated rings. The molecule has 0 bridgehead atoms. The molecule has 152 valence electrons. The van der Waals surface area contributed by atoms with Crippen molar-refractivity contribution in [2.45, 2.75) is 31.7 Å². The van der Waals surface area contributed by atoms with E-state index >= 15 is 0 Å². The lowest BCUT2D eigenvalue weighted by atomic mass is 9.97. The number of nitrogens with zero attached hydrogens (tertiary/aromatic N) is 2. The molecule has 2 aromatic rings. The highest BCUT2D eigenvalue weighted by Crippen LogP contribution is 2.38. The van der Waals surface area contributed by atoms with E-state index < -0.39 is 5.97 Å². The SMILES string of the molecule is COc1cccc(C2=NN(C(=O)CCCC(=O)O)C(c3ccccc3)C2)c1OC. The Morgan fingerprint density at radius 2 is 1.83 bits per heavy atom. The van der Waals surface area contributed by atoms with E-state index in [4.69, 9.17) is 14.6 Å². The fourth-order valence-corrected chi connectivity index (χ4v) is 3.46. The molecule has 7 nitrogen and oxygen atoms in total. The summed E-state index contributed by atoms with van der Waals surface area (Å²) in [6, 6.07) is 15.0. The third kappa shape index (κ3) is 4.56. The number of methoxy groups -OCH3 is 2. The van der Waals surface area contributed by atoms with Crippen molar-refractivity contribution < 1.29 is 24.2 Å². The van der Waals surface area contributed by atoms with E-state index in [1.54, 1.807) is 20.3 Å². The van der Waals surface area contributed by atoms with Crippen LogP contribution in [0.1, 0.15) is 42.9 Å². The molecule has 1 unspecified atom stereocenters. The molecule has 29 heavy (non-hydrogen) atoms. The van der Waals surface area contributed by atoms with E-state index in [-0.39, 0.29) is 31.2 Å². The van der Waals surface area contributed by atoms with Crippen molar-refractivity contribution in [1.29, 1.82) is 0 Å². The number of ether oxygens (including phenoxy) is 2. The van der Waals surface area contributed by atoms with Gasteiger partial charge in [-0.2, -0.15) is 5.10 Å². The zero-order valence-electron chi connectivity index (χ0n) is 16.5. The van der Waals surface area contributed by atoms with Crippen LogP contribution in [-0.4, -0.2) is 41.9 Å². The highest BCUT2D eigenvalue weighted by atomic mass is 16.5. The van der Waals surface area contributed by atoms with Crippen molar-refractivity contribution in [2.24, 2.45) is 5.10 Å². The minimum Gasteiger partial charge on any atom is -0.493 e. The number of hydrogen-bond donors (Lipinski definition) is 1. The van der Waals surface area contributed by atoms with Crippen molar-refractivity contribution in [3.8, 4) is 11.5 Å². The van der Waals surface area contributed by atoms with Gasteiger partial charge in [0.25, 0.3) is 0 Å². The number of para-hydroxylation sites is 1. The first kappa shape index (κ1) is 20.4. The lowest BCUT2D eigenvalue weighted by Crippen LogP contribution is -2.26. The Bertz CT molecular complexity index is 911. The van der Waals surface area contributed by atoms with Gasteiger partial charge in [0.05, 0.1) is 26.0 Å². The van der Waals surface area contributed by atoms with Crippen molar-refractivity contribution in [2.75, 3.05) is 14.2 Å². The number of hydrogen-bond acceptors (Lipinski definition) is 5. The molecular weight excluding hydrogens is 372 g/mol. The number of benzene rings is 2. The summed E-state index contributed by atoms with van der Waals surface area (Å²) in [5.41, 5.74) is 2.47. The second kappa shape index (κ2) is 9.23. The predicted octanol–water partition coefficient (Wildman–Crippen LogP) is 3.64. The fraction of sp³-hybridized carbons (Fsp3) is 0.318. The van der Waals surface area contributed by atoms with Gasteiger partial charge in [0.15, 0.2) is 11.5 Å². The van der Waals surface area contributed by atoms with Crippen LogP contribution in [-0.2, 0) is 9.59 Å². The van der Waals surface area contributed by atoms with Crippen LogP contribution in [0.5, 0.6) is 11.5 Å². The Morgan fingerprint density at radius 3 is 2.48 bits per heavy atom. The van der Waals surface area contributed by atoms with Crippen molar-refractivity contribution in [3.05, 3.63) is 59.7 Å². The molecule has 0 saturated heterocycles. The monoisotopic (exact) mass is 396 g/mol. The highest BCUT2D eigenvalue weighted by molar-refractivity contribution is 6.05. The van der Waals surface area contributed by atoms with Gasteiger partial charge < -0.3 is 14.6 Å². The molecule has 0 radical (unpaired) electrons. The topological polar surface area (TPSA) is 88.4 Å². The highest BCUT2D eigenvalue weighted by Gasteiger charge is 2.34. The van der Waals surface area contributed by atoms with E-state index in [0.717, 1.165) is 16.8 Å². The van der Waals surface area contributed by atoms with Crippen molar-refractivity contribution in [1.82, 2.24) is 5.01 Å². The van der Waals surface area contributed by atoms with Gasteiger partial charge >= 0.3 is 5.97 Å². The van der Waals surface area contributed by atoms with Crippen LogP contribution in [0.2, 0.25) is 0 Å². The van der Waals surface area contributed by atoms with Gasteiger partial charge in [0.1, 0.15) is 0 Å². The fourth-order valence-electron chi connectivity index (χ4n) is 3.46. The van der Waals surface area contributed by atoms with E-state index in [0.29, 0.717) is 17.9 Å². The minimum atomic E-state index is -0.913. The van der Waals surface area contributed by atoms with Crippen molar-refractivity contribution >= 4 is 17.6 Å². The first-order valence-corrected chi connectivity index (χ1v) is 9.42. The Kier molecular flexibility index (Phi) is 6.49. The summed E-state index contributed by atoms with van der Waals surface area (Å²) in [4.78, 5) is 23.6. The quantitative estimate of drug-likeness (QED) is 0.736. The van der Waals surface area contributed by atoms with Gasteiger partial charge in [0.2, 0.25) is 5.91 Å². The Balaban J connectivity index is 1.93. The zero-order valence-corrected chi connectivity index (χ0v) is 16.5. The standard InChI is InChI=1S/C22H24N2O5/c1-28-19-11-6-10-16(22(19)29-2)17-14-18(15-8-4-3-5-9-15)24(23-17)20(25)12-7-13-21(26)27/h3-6,8-11,18H,7,12-14H2,1-2H3,(H,26,27). The van der Waals surface area contributed by atoms with Crippen LogP contribution in [0, 0.1) is 0 Å². The van der Waals surface area contributed by atoms with Gasteiger partial charge in [0, 0.05) is 24.8 Å². The van der Waals surface area contributed by atoms with Gasteiger partial charge in [-0.05, 0) is 24.1 Å². The van der Waals surface area contributed by atoms with Crippen molar-refractivity contribution in [3.63, 3.8) is 0 Å². The van der Waals surface area contributed by atoms with Crippen LogP contribution >= 0.6 is 0 Å². The Labute approximate surface area is 169 Å². The van der Waals surface area contributed by atoms with E-state index in [1.807, 2.05) is 42.5 Å². The molecule has 1 heterocycles. The van der Waals surface area contributed by atoms with E-state index in [2.05, 4.69) is 5.10 Å². The average molecular weight is 396 g/mol. The molecule has 1 N–H and O–H groups in total. The Hall–Kier alpha value is -3.35. The largest absolute Gasteiger partial charge is 0.493 e. The van der Waals surface area contributed by atoms with Crippen LogP contribution < -0.4 is 9.47 Å². The molecule has 1 atom stereocenters. The molecule has 1 aliphatic rings. The summed E-state index contributed by atoms with van der Waals surface area (Å²) in [7, 11) is 3.14. The Morgan fingerprint density at radius 1 is 1.07 bits per heavy atom. The van der Waals surface area contributed by atoms with E-state index in [9.17, 15) is 9.59 Å². The molecule has 3 rings (SSSR count). The number of hydrazone groups is 1. The second-order valence-electron chi connectivity index (χ2n) is 6.70. The zero-order chi connectivity index (χ0) is 20.8. The van der Waals surface area contributed by atoms with Crippen LogP contribution in [0.15, 0.2) is 53.6 Å². The van der Waals surface area contributed by atoms with E-state index in [1.165, 1.54) is 5.01 Å². The molecule has 7 heteroatoms. The number of carboxylic acids is 1. The number of aliphatic carboxylic acids is 1. The summed E-state index contributed by atoms with van der Waals surface area (Å²) in [5.74, 6) is 0.0528. The normalized spacial score (nSPS) is 15.7. The molecular formula is C22H24N2O5. The van der Waals surface area contributed by atoms with Crippen LogP contribution in [0.25, 0.3) is 0 Å². The third-order valence-corrected chi connectivity index (χ3v) is 4.85. The molecule has 2 aromatic carbocycles. The van der Waals surface area contributed by atoms with Gasteiger partial charge in [-0.1, -0.05) is 36.4 Å².